The first-order valence-electron chi connectivity index (χ1n) is 10.7. The largest absolute Gasteiger partial charge is 0.383 e. The van der Waals surface area contributed by atoms with E-state index in [0.29, 0.717) is 22.8 Å². The number of nitrogens with two attached hydrogens (primary N) is 2. The molecule has 0 unspecified atom stereocenters. The molecule has 0 radical (unpaired) electrons. The molecule has 1 aliphatic rings. The summed E-state index contributed by atoms with van der Waals surface area (Å²) in [5.41, 5.74) is 17.4. The van der Waals surface area contributed by atoms with Gasteiger partial charge in [0.05, 0.1) is 5.39 Å². The Labute approximate surface area is 189 Å². The molecule has 0 fully saturated rings. The van der Waals surface area contributed by atoms with Crippen molar-refractivity contribution in [1.29, 1.82) is 0 Å². The van der Waals surface area contributed by atoms with E-state index in [-0.39, 0.29) is 5.95 Å². The maximum Gasteiger partial charge on any atom is 0.227 e. The average Bonchev–Trinajstić information content (AvgIpc) is 2.92. The van der Waals surface area contributed by atoms with Crippen LogP contribution >= 0.6 is 0 Å². The summed E-state index contributed by atoms with van der Waals surface area (Å²) < 4.78 is 0. The summed E-state index contributed by atoms with van der Waals surface area (Å²) in [7, 11) is 1.97. The van der Waals surface area contributed by atoms with Crippen LogP contribution in [-0.2, 0) is 6.42 Å². The molecule has 2 heterocycles. The Hall–Kier alpha value is -3.74. The lowest BCUT2D eigenvalue weighted by Gasteiger charge is -2.17. The molecule has 2 aromatic heterocycles. The number of hydrogen-bond donors (Lipinski definition) is 2. The summed E-state index contributed by atoms with van der Waals surface area (Å²) >= 11 is 0. The molecule has 1 aromatic carbocycles. The third-order valence-electron chi connectivity index (χ3n) is 5.24. The molecule has 0 saturated heterocycles. The first-order valence-corrected chi connectivity index (χ1v) is 10.7. The zero-order valence-electron chi connectivity index (χ0n) is 19.0. The Bertz CT molecular complexity index is 1160. The number of anilines is 3. The van der Waals surface area contributed by atoms with Crippen LogP contribution in [-0.4, -0.2) is 33.5 Å². The van der Waals surface area contributed by atoms with E-state index in [0.717, 1.165) is 25.8 Å². The van der Waals surface area contributed by atoms with Gasteiger partial charge in [0.15, 0.2) is 5.65 Å². The van der Waals surface area contributed by atoms with Crippen LogP contribution in [0.3, 0.4) is 0 Å². The van der Waals surface area contributed by atoms with Gasteiger partial charge < -0.3 is 16.4 Å². The van der Waals surface area contributed by atoms with Crippen LogP contribution in [0, 0.1) is 0 Å². The van der Waals surface area contributed by atoms with Gasteiger partial charge >= 0.3 is 0 Å². The lowest BCUT2D eigenvalue weighted by atomic mass is 9.95. The van der Waals surface area contributed by atoms with Crippen LogP contribution in [0.4, 0.5) is 17.7 Å². The lowest BCUT2D eigenvalue weighted by molar-refractivity contribution is 0.857. The van der Waals surface area contributed by atoms with Crippen molar-refractivity contribution in [3.05, 3.63) is 72.0 Å². The maximum absolute atomic E-state index is 5.87. The highest BCUT2D eigenvalue weighted by molar-refractivity contribution is 5.86. The quantitative estimate of drug-likeness (QED) is 0.585. The number of hydrogen-bond acceptors (Lipinski definition) is 7. The molecule has 4 rings (SSSR count). The molecule has 1 aliphatic carbocycles. The summed E-state index contributed by atoms with van der Waals surface area (Å²) in [5, 5.41) is 0.606. The van der Waals surface area contributed by atoms with Gasteiger partial charge in [0.1, 0.15) is 5.82 Å². The zero-order chi connectivity index (χ0) is 23.1. The van der Waals surface area contributed by atoms with Crippen LogP contribution < -0.4 is 16.4 Å². The monoisotopic (exact) mass is 429 g/mol. The molecule has 7 nitrogen and oxygen atoms in total. The van der Waals surface area contributed by atoms with Crippen LogP contribution in [0.1, 0.15) is 37.8 Å². The molecule has 32 heavy (non-hydrogen) atoms. The highest BCUT2D eigenvalue weighted by atomic mass is 15.2. The molecule has 0 atom stereocenters. The first kappa shape index (κ1) is 22.9. The average molecular weight is 430 g/mol. The molecule has 7 heteroatoms. The van der Waals surface area contributed by atoms with Gasteiger partial charge in [-0.2, -0.15) is 15.0 Å². The van der Waals surface area contributed by atoms with Gasteiger partial charge in [-0.3, -0.25) is 0 Å². The summed E-state index contributed by atoms with van der Waals surface area (Å²) in [5.74, 6) is 0.990. The van der Waals surface area contributed by atoms with Crippen molar-refractivity contribution in [3.8, 4) is 0 Å². The van der Waals surface area contributed by atoms with Gasteiger partial charge in [-0.25, -0.2) is 4.98 Å². The molecule has 4 N–H and O–H groups in total. The topological polar surface area (TPSA) is 107 Å². The highest BCUT2D eigenvalue weighted by Gasteiger charge is 2.13. The minimum Gasteiger partial charge on any atom is -0.383 e. The fourth-order valence-electron chi connectivity index (χ4n) is 3.67. The summed E-state index contributed by atoms with van der Waals surface area (Å²) in [6, 6.07) is 8.67. The Balaban J connectivity index is 0.000000913. The molecule has 0 aliphatic heterocycles. The molecule has 0 bridgehead atoms. The number of allylic oxidation sites excluding steroid dienone is 4. The molecular weight excluding hydrogens is 398 g/mol. The van der Waals surface area contributed by atoms with Crippen LogP contribution in [0.15, 0.2) is 60.8 Å². The second kappa shape index (κ2) is 10.5. The van der Waals surface area contributed by atoms with E-state index >= 15 is 0 Å². The highest BCUT2D eigenvalue weighted by Crippen LogP contribution is 2.30. The van der Waals surface area contributed by atoms with Crippen molar-refractivity contribution in [3.63, 3.8) is 0 Å². The van der Waals surface area contributed by atoms with Gasteiger partial charge in [-0.05, 0) is 55.4 Å². The third kappa shape index (κ3) is 5.29. The molecule has 0 saturated carbocycles. The smallest absolute Gasteiger partial charge is 0.227 e. The van der Waals surface area contributed by atoms with Gasteiger partial charge in [-0.15, -0.1) is 6.58 Å². The van der Waals surface area contributed by atoms with Crippen molar-refractivity contribution in [2.75, 3.05) is 30.0 Å². The number of aromatic nitrogens is 4. The minimum atomic E-state index is 0.112. The number of nitrogens with zero attached hydrogens (tertiary/aromatic N) is 5. The van der Waals surface area contributed by atoms with Crippen LogP contribution in [0.2, 0.25) is 0 Å². The Morgan fingerprint density at radius 1 is 1.16 bits per heavy atom. The van der Waals surface area contributed by atoms with Gasteiger partial charge in [0, 0.05) is 19.8 Å². The van der Waals surface area contributed by atoms with E-state index in [1.165, 1.54) is 22.3 Å². The van der Waals surface area contributed by atoms with Crippen molar-refractivity contribution in [2.45, 2.75) is 33.1 Å². The Morgan fingerprint density at radius 3 is 2.69 bits per heavy atom. The van der Waals surface area contributed by atoms with Crippen molar-refractivity contribution in [1.82, 2.24) is 19.9 Å². The van der Waals surface area contributed by atoms with E-state index in [9.17, 15) is 0 Å². The number of rotatable bonds is 4. The number of aryl methyl sites for hydroxylation is 1. The van der Waals surface area contributed by atoms with Crippen LogP contribution in [0.25, 0.3) is 16.6 Å². The number of benzene rings is 1. The van der Waals surface area contributed by atoms with E-state index in [4.69, 9.17) is 11.5 Å². The summed E-state index contributed by atoms with van der Waals surface area (Å²) in [4.78, 5) is 19.0. The second-order valence-electron chi connectivity index (χ2n) is 7.69. The normalized spacial score (nSPS) is 14.1. The van der Waals surface area contributed by atoms with Crippen molar-refractivity contribution in [2.24, 2.45) is 0 Å². The van der Waals surface area contributed by atoms with Gasteiger partial charge in [-0.1, -0.05) is 42.5 Å². The predicted molar refractivity (Wildman–Crippen MR) is 134 cm³/mol. The van der Waals surface area contributed by atoms with Gasteiger partial charge in [0.2, 0.25) is 11.9 Å². The molecule has 3 aromatic rings. The summed E-state index contributed by atoms with van der Waals surface area (Å²) in [6.45, 7) is 8.22. The maximum atomic E-state index is 5.87. The van der Waals surface area contributed by atoms with E-state index in [1.54, 1.807) is 12.3 Å². The fraction of sp³-hybridized carbons (Fsp3) is 0.280. The molecular formula is C25H31N7. The van der Waals surface area contributed by atoms with Crippen molar-refractivity contribution < 1.29 is 0 Å². The van der Waals surface area contributed by atoms with E-state index < -0.39 is 0 Å². The van der Waals surface area contributed by atoms with Crippen LogP contribution in [0.5, 0.6) is 0 Å². The molecule has 0 amide bonds. The fourth-order valence-corrected chi connectivity index (χ4v) is 3.67. The summed E-state index contributed by atoms with van der Waals surface area (Å²) in [6.07, 6.45) is 11.1. The predicted octanol–water partition coefficient (Wildman–Crippen LogP) is 4.58. The Morgan fingerprint density at radius 2 is 1.91 bits per heavy atom. The lowest BCUT2D eigenvalue weighted by Crippen LogP contribution is -2.21. The first-order chi connectivity index (χ1) is 15.4. The molecule has 166 valence electrons. The molecule has 0 spiro atoms. The van der Waals surface area contributed by atoms with Gasteiger partial charge in [0.25, 0.3) is 0 Å². The third-order valence-corrected chi connectivity index (χ3v) is 5.24. The second-order valence-corrected chi connectivity index (χ2v) is 7.69. The number of nitrogen functional groups attached to an aromatic ring is 2. The minimum absolute atomic E-state index is 0.112. The van der Waals surface area contributed by atoms with Crippen molar-refractivity contribution >= 4 is 34.3 Å². The Kier molecular flexibility index (Phi) is 7.54. The SMILES string of the molecule is C=CC.CC1=CCCc2ccccc2/C1=C\CCN(C)c1ncc2c(N)nc(N)nc2n1. The zero-order valence-corrected chi connectivity index (χ0v) is 19.0. The standard InChI is InChI=1S/C22H25N7.C3H6/c1-14-7-5-9-15-8-3-4-10-17(15)16(14)11-6-12-29(2)22-25-13-18-19(23)26-21(24)27-20(18)28-22;1-3-2/h3-4,7-8,10-11,13H,5-6,9,12H2,1-2H3,(H4,23,24,25,26,27,28);3H,1H2,2H3/b16-11-;. The van der Waals surface area contributed by atoms with E-state index in [2.05, 4.69) is 69.9 Å². The van der Waals surface area contributed by atoms with E-state index in [1.807, 2.05) is 18.9 Å². The number of fused-ring (bicyclic) bond motifs is 2.